The number of aliphatic hydroxyl groups is 1. The zero-order valence-corrected chi connectivity index (χ0v) is 24.0. The van der Waals surface area contributed by atoms with Gasteiger partial charge in [-0.25, -0.2) is 0 Å². The highest BCUT2D eigenvalue weighted by Gasteiger charge is 2.60. The van der Waals surface area contributed by atoms with Gasteiger partial charge in [-0.2, -0.15) is 8.42 Å². The van der Waals surface area contributed by atoms with Crippen molar-refractivity contribution < 1.29 is 22.9 Å². The Bertz CT molecular complexity index is 905. The minimum absolute atomic E-state index is 0.0673. The van der Waals surface area contributed by atoms with Gasteiger partial charge in [0.15, 0.2) is 0 Å². The van der Waals surface area contributed by atoms with Crippen LogP contribution in [0, 0.1) is 52.3 Å². The molecule has 36 heavy (non-hydrogen) atoms. The van der Waals surface area contributed by atoms with Crippen LogP contribution in [-0.4, -0.2) is 41.9 Å². The number of aliphatic hydroxyl groups excluding tert-OH is 1. The van der Waals surface area contributed by atoms with Gasteiger partial charge in [0.1, 0.15) is 0 Å². The minimum Gasteiger partial charge on any atom is -0.393 e. The van der Waals surface area contributed by atoms with Crippen LogP contribution in [0.3, 0.4) is 0 Å². The Hall–Kier alpha value is -0.660. The van der Waals surface area contributed by atoms with Crippen LogP contribution in [0.25, 0.3) is 0 Å². The van der Waals surface area contributed by atoms with Crippen LogP contribution in [0.5, 0.6) is 0 Å². The van der Waals surface area contributed by atoms with Crippen LogP contribution < -0.4 is 5.32 Å². The quantitative estimate of drug-likeness (QED) is 0.366. The van der Waals surface area contributed by atoms with Gasteiger partial charge in [-0.1, -0.05) is 34.6 Å². The third-order valence-corrected chi connectivity index (χ3v) is 12.5. The Morgan fingerprint density at radius 3 is 2.31 bits per heavy atom. The molecule has 0 spiro atoms. The standard InChI is InChI=1S/C29H51NO5S/c1-18(2)26(17-36(33,34)35)30-27(32)11-6-19(3)23-9-10-24-22-8-7-20-16-21(31)12-14-28(20,4)25(22)13-15-29(23,24)5/h18-26,31H,6-17H2,1-5H3,(H,30,32)(H,33,34,35)/t19-,20-,21-,22+,23-,24+,25+,26-,28+,29-/m1/s1. The third kappa shape index (κ3) is 5.54. The van der Waals surface area contributed by atoms with Crippen molar-refractivity contribution in [2.45, 2.75) is 117 Å². The first-order chi connectivity index (χ1) is 16.7. The molecule has 1 amide bonds. The molecule has 0 saturated heterocycles. The first kappa shape index (κ1) is 28.4. The highest BCUT2D eigenvalue weighted by Crippen LogP contribution is 2.68. The Labute approximate surface area is 219 Å². The second-order valence-electron chi connectivity index (χ2n) is 14.0. The minimum atomic E-state index is -4.13. The highest BCUT2D eigenvalue weighted by atomic mass is 32.2. The fourth-order valence-corrected chi connectivity index (χ4v) is 10.6. The lowest BCUT2D eigenvalue weighted by atomic mass is 9.44. The molecular formula is C29H51NO5S. The molecule has 0 radical (unpaired) electrons. The van der Waals surface area contributed by atoms with Crippen LogP contribution >= 0.6 is 0 Å². The number of fused-ring (bicyclic) bond motifs is 5. The second-order valence-corrected chi connectivity index (χ2v) is 15.5. The molecule has 0 bridgehead atoms. The lowest BCUT2D eigenvalue weighted by Crippen LogP contribution is -2.54. The normalized spacial score (nSPS) is 42.2. The second kappa shape index (κ2) is 10.5. The summed E-state index contributed by atoms with van der Waals surface area (Å²) >= 11 is 0. The van der Waals surface area contributed by atoms with Gasteiger partial charge >= 0.3 is 0 Å². The van der Waals surface area contributed by atoms with Crippen molar-refractivity contribution in [2.75, 3.05) is 5.75 Å². The molecule has 0 aromatic carbocycles. The van der Waals surface area contributed by atoms with E-state index in [-0.39, 0.29) is 17.9 Å². The number of carbonyl (C=O) groups excluding carboxylic acids is 1. The van der Waals surface area contributed by atoms with Gasteiger partial charge in [-0.3, -0.25) is 9.35 Å². The fraction of sp³-hybridized carbons (Fsp3) is 0.966. The molecule has 0 heterocycles. The largest absolute Gasteiger partial charge is 0.393 e. The van der Waals surface area contributed by atoms with Crippen LogP contribution in [0.2, 0.25) is 0 Å². The van der Waals surface area contributed by atoms with Crippen molar-refractivity contribution in [1.29, 1.82) is 0 Å². The first-order valence-electron chi connectivity index (χ1n) is 14.7. The Morgan fingerprint density at radius 1 is 0.972 bits per heavy atom. The van der Waals surface area contributed by atoms with E-state index in [0.717, 1.165) is 37.0 Å². The number of hydrogen-bond acceptors (Lipinski definition) is 4. The summed E-state index contributed by atoms with van der Waals surface area (Å²) in [5.41, 5.74) is 0.750. The van der Waals surface area contributed by atoms with Crippen LogP contribution in [0.4, 0.5) is 0 Å². The van der Waals surface area contributed by atoms with Gasteiger partial charge in [-0.15, -0.1) is 0 Å². The molecule has 4 saturated carbocycles. The maximum Gasteiger partial charge on any atom is 0.266 e. The summed E-state index contributed by atoms with van der Waals surface area (Å²) in [5.74, 6) is 3.56. The van der Waals surface area contributed by atoms with Crippen molar-refractivity contribution in [3.8, 4) is 0 Å². The van der Waals surface area contributed by atoms with E-state index < -0.39 is 21.9 Å². The zero-order valence-electron chi connectivity index (χ0n) is 23.2. The molecule has 3 N–H and O–H groups in total. The molecule has 7 heteroatoms. The van der Waals surface area contributed by atoms with E-state index in [1.54, 1.807) is 0 Å². The summed E-state index contributed by atoms with van der Waals surface area (Å²) in [7, 11) is -4.13. The molecular weight excluding hydrogens is 474 g/mol. The molecule has 4 aliphatic rings. The summed E-state index contributed by atoms with van der Waals surface area (Å²) in [5, 5.41) is 13.2. The Kier molecular flexibility index (Phi) is 8.26. The summed E-state index contributed by atoms with van der Waals surface area (Å²) < 4.78 is 31.9. The molecule has 4 rings (SSSR count). The third-order valence-electron chi connectivity index (χ3n) is 11.8. The molecule has 0 aromatic rings. The van der Waals surface area contributed by atoms with E-state index in [1.807, 2.05) is 13.8 Å². The van der Waals surface area contributed by atoms with Gasteiger partial charge in [-0.05, 0) is 116 Å². The molecule has 0 aliphatic heterocycles. The average Bonchev–Trinajstić information content (AvgIpc) is 3.14. The monoisotopic (exact) mass is 525 g/mol. The summed E-state index contributed by atoms with van der Waals surface area (Å²) in [4.78, 5) is 12.7. The maximum absolute atomic E-state index is 12.7. The smallest absolute Gasteiger partial charge is 0.266 e. The molecule has 4 aliphatic carbocycles. The first-order valence-corrected chi connectivity index (χ1v) is 16.3. The van der Waals surface area contributed by atoms with E-state index in [1.165, 1.54) is 44.9 Å². The molecule has 0 aromatic heterocycles. The van der Waals surface area contributed by atoms with Crippen molar-refractivity contribution in [2.24, 2.45) is 52.3 Å². The number of rotatable bonds is 8. The predicted octanol–water partition coefficient (Wildman–Crippen LogP) is 5.45. The van der Waals surface area contributed by atoms with Crippen molar-refractivity contribution in [1.82, 2.24) is 5.32 Å². The molecule has 10 atom stereocenters. The lowest BCUT2D eigenvalue weighted by Gasteiger charge is -2.61. The van der Waals surface area contributed by atoms with E-state index >= 15 is 0 Å². The van der Waals surface area contributed by atoms with Crippen molar-refractivity contribution in [3.05, 3.63) is 0 Å². The summed E-state index contributed by atoms with van der Waals surface area (Å²) in [6.45, 7) is 11.1. The van der Waals surface area contributed by atoms with Crippen LogP contribution in [-0.2, 0) is 14.9 Å². The topological polar surface area (TPSA) is 104 Å². The maximum atomic E-state index is 12.7. The number of hydrogen-bond donors (Lipinski definition) is 3. The van der Waals surface area contributed by atoms with E-state index in [4.69, 9.17) is 0 Å². The van der Waals surface area contributed by atoms with Crippen molar-refractivity contribution >= 4 is 16.0 Å². The van der Waals surface area contributed by atoms with Gasteiger partial charge in [0.05, 0.1) is 11.9 Å². The molecule has 0 unspecified atom stereocenters. The lowest BCUT2D eigenvalue weighted by molar-refractivity contribution is -0.130. The summed E-state index contributed by atoms with van der Waals surface area (Å²) in [6.07, 6.45) is 12.1. The Balaban J connectivity index is 1.36. The average molecular weight is 526 g/mol. The molecule has 6 nitrogen and oxygen atoms in total. The van der Waals surface area contributed by atoms with E-state index in [9.17, 15) is 22.9 Å². The van der Waals surface area contributed by atoms with Gasteiger partial charge in [0, 0.05) is 12.5 Å². The number of amides is 1. The van der Waals surface area contributed by atoms with Crippen LogP contribution in [0.1, 0.15) is 105 Å². The zero-order chi connectivity index (χ0) is 26.5. The van der Waals surface area contributed by atoms with Gasteiger partial charge in [0.25, 0.3) is 10.1 Å². The predicted molar refractivity (Wildman–Crippen MR) is 143 cm³/mol. The van der Waals surface area contributed by atoms with Crippen molar-refractivity contribution in [3.63, 3.8) is 0 Å². The molecule has 4 fully saturated rings. The summed E-state index contributed by atoms with van der Waals surface area (Å²) in [6, 6.07) is -0.566. The fourth-order valence-electron chi connectivity index (χ4n) is 9.68. The van der Waals surface area contributed by atoms with E-state index in [2.05, 4.69) is 26.1 Å². The number of nitrogens with one attached hydrogen (secondary N) is 1. The van der Waals surface area contributed by atoms with Gasteiger partial charge < -0.3 is 10.4 Å². The van der Waals surface area contributed by atoms with E-state index in [0.29, 0.717) is 35.0 Å². The molecule has 208 valence electrons. The van der Waals surface area contributed by atoms with Crippen LogP contribution in [0.15, 0.2) is 0 Å². The Morgan fingerprint density at radius 2 is 1.64 bits per heavy atom. The number of carbonyl (C=O) groups is 1. The van der Waals surface area contributed by atoms with Gasteiger partial charge in [0.2, 0.25) is 5.91 Å². The SMILES string of the molecule is CC(C)[C@@H](CS(=O)(=O)O)NC(=O)CC[C@@H](C)[C@H]1CC[C@H]2[C@@H]3CC[C@@H]4C[C@H](O)CC[C@]4(C)[C@H]3CC[C@]12C. The highest BCUT2D eigenvalue weighted by molar-refractivity contribution is 7.85.